The molecule has 176 valence electrons. The second kappa shape index (κ2) is 10.4. The molecule has 0 aliphatic carbocycles. The third-order valence-corrected chi connectivity index (χ3v) is 6.35. The number of nitrogens with one attached hydrogen (secondary N) is 1. The Morgan fingerprint density at radius 2 is 1.82 bits per heavy atom. The number of amides is 1. The number of nitro benzene ring substituents is 1. The number of para-hydroxylation sites is 2. The minimum atomic E-state index is -4.32. The molecule has 3 aromatic carbocycles. The van der Waals surface area contributed by atoms with E-state index in [1.165, 1.54) is 74.0 Å². The Labute approximate surface area is 195 Å². The van der Waals surface area contributed by atoms with Crippen LogP contribution < -0.4 is 14.5 Å². The van der Waals surface area contributed by atoms with E-state index >= 15 is 0 Å². The number of aromatic hydroxyl groups is 1. The number of nitro groups is 1. The van der Waals surface area contributed by atoms with Gasteiger partial charge >= 0.3 is 0 Å². The maximum Gasteiger partial charge on any atom is 0.293 e. The number of nitrogens with zero attached hydrogens (tertiary/aromatic N) is 3. The summed E-state index contributed by atoms with van der Waals surface area (Å²) in [5.41, 5.74) is 1.95. The van der Waals surface area contributed by atoms with Crippen molar-refractivity contribution in [3.63, 3.8) is 0 Å². The second-order valence-electron chi connectivity index (χ2n) is 6.80. The van der Waals surface area contributed by atoms with Crippen LogP contribution in [0.25, 0.3) is 0 Å². The maximum atomic E-state index is 13.3. The van der Waals surface area contributed by atoms with Crippen LogP contribution >= 0.6 is 0 Å². The molecule has 0 aliphatic rings. The molecular formula is C22H20N4O7S. The molecule has 34 heavy (non-hydrogen) atoms. The topological polar surface area (TPSA) is 151 Å². The van der Waals surface area contributed by atoms with Crippen LogP contribution in [0, 0.1) is 10.1 Å². The quantitative estimate of drug-likeness (QED) is 0.269. The van der Waals surface area contributed by atoms with Gasteiger partial charge in [0.15, 0.2) is 11.5 Å². The first-order valence-corrected chi connectivity index (χ1v) is 11.2. The van der Waals surface area contributed by atoms with Crippen LogP contribution in [0.1, 0.15) is 5.56 Å². The summed E-state index contributed by atoms with van der Waals surface area (Å²) in [6.07, 6.45) is 1.26. The minimum Gasteiger partial charge on any atom is -0.504 e. The van der Waals surface area contributed by atoms with E-state index in [1.54, 1.807) is 6.07 Å². The van der Waals surface area contributed by atoms with E-state index in [1.807, 2.05) is 0 Å². The van der Waals surface area contributed by atoms with Crippen LogP contribution in [0.4, 0.5) is 11.4 Å². The molecule has 12 heteroatoms. The molecule has 1 amide bonds. The van der Waals surface area contributed by atoms with E-state index in [-0.39, 0.29) is 22.1 Å². The van der Waals surface area contributed by atoms with Crippen LogP contribution in [0.2, 0.25) is 0 Å². The average molecular weight is 484 g/mol. The molecule has 11 nitrogen and oxygen atoms in total. The summed E-state index contributed by atoms with van der Waals surface area (Å²) in [5, 5.41) is 24.9. The first kappa shape index (κ1) is 24.2. The van der Waals surface area contributed by atoms with E-state index in [0.717, 1.165) is 6.07 Å². The van der Waals surface area contributed by atoms with Crippen molar-refractivity contribution in [1.29, 1.82) is 0 Å². The van der Waals surface area contributed by atoms with Gasteiger partial charge in [-0.1, -0.05) is 30.3 Å². The zero-order chi connectivity index (χ0) is 24.7. The lowest BCUT2D eigenvalue weighted by molar-refractivity contribution is -0.384. The largest absolute Gasteiger partial charge is 0.504 e. The van der Waals surface area contributed by atoms with Gasteiger partial charge in [-0.15, -0.1) is 0 Å². The van der Waals surface area contributed by atoms with Crippen molar-refractivity contribution in [2.45, 2.75) is 4.90 Å². The van der Waals surface area contributed by atoms with Crippen molar-refractivity contribution in [2.75, 3.05) is 18.0 Å². The third-order valence-electron chi connectivity index (χ3n) is 4.57. The molecule has 3 aromatic rings. The number of hydrazone groups is 1. The van der Waals surface area contributed by atoms with Crippen LogP contribution in [0.5, 0.6) is 11.5 Å². The van der Waals surface area contributed by atoms with Crippen molar-refractivity contribution < 1.29 is 28.0 Å². The van der Waals surface area contributed by atoms with Gasteiger partial charge in [0.25, 0.3) is 21.6 Å². The molecule has 2 N–H and O–H groups in total. The maximum absolute atomic E-state index is 13.3. The average Bonchev–Trinajstić information content (AvgIpc) is 2.84. The van der Waals surface area contributed by atoms with E-state index in [0.29, 0.717) is 9.87 Å². The molecule has 0 unspecified atom stereocenters. The molecule has 3 rings (SSSR count). The van der Waals surface area contributed by atoms with E-state index in [2.05, 4.69) is 10.5 Å². The highest BCUT2D eigenvalue weighted by atomic mass is 32.2. The Morgan fingerprint density at radius 3 is 2.50 bits per heavy atom. The Morgan fingerprint density at radius 1 is 1.15 bits per heavy atom. The first-order chi connectivity index (χ1) is 16.2. The van der Waals surface area contributed by atoms with Crippen molar-refractivity contribution >= 4 is 33.5 Å². The summed E-state index contributed by atoms with van der Waals surface area (Å²) in [6, 6.07) is 16.9. The summed E-state index contributed by atoms with van der Waals surface area (Å²) in [4.78, 5) is 23.2. The molecule has 0 saturated carbocycles. The highest BCUT2D eigenvalue weighted by molar-refractivity contribution is 7.92. The SMILES string of the molecule is COc1cc(/C=N\NC(=O)CN(c2ccccc2[N+](=O)[O-])S(=O)(=O)c2ccccc2)ccc1O. The number of phenols is 1. The number of carbonyl (C=O) groups is 1. The zero-order valence-corrected chi connectivity index (χ0v) is 18.7. The monoisotopic (exact) mass is 484 g/mol. The molecule has 0 radical (unpaired) electrons. The summed E-state index contributed by atoms with van der Waals surface area (Å²) < 4.78 is 32.2. The standard InChI is InChI=1S/C22H20N4O7S/c1-33-21-13-16(11-12-20(21)27)14-23-24-22(28)15-25(18-9-5-6-10-19(18)26(29)30)34(31,32)17-7-3-2-4-8-17/h2-14,27H,15H2,1H3,(H,24,28)/b23-14-. The number of hydrogen-bond donors (Lipinski definition) is 2. The molecule has 0 aliphatic heterocycles. The second-order valence-corrected chi connectivity index (χ2v) is 8.66. The number of hydrogen-bond acceptors (Lipinski definition) is 8. The highest BCUT2D eigenvalue weighted by Gasteiger charge is 2.31. The smallest absolute Gasteiger partial charge is 0.293 e. The van der Waals surface area contributed by atoms with Gasteiger partial charge in [0.2, 0.25) is 0 Å². The fraction of sp³-hybridized carbons (Fsp3) is 0.0909. The number of rotatable bonds is 9. The molecule has 0 aromatic heterocycles. The first-order valence-electron chi connectivity index (χ1n) is 9.74. The summed E-state index contributed by atoms with van der Waals surface area (Å²) in [5.74, 6) is -0.707. The molecule has 0 fully saturated rings. The fourth-order valence-corrected chi connectivity index (χ4v) is 4.42. The van der Waals surface area contributed by atoms with Gasteiger partial charge in [0, 0.05) is 6.07 Å². The Hall–Kier alpha value is -4.45. The summed E-state index contributed by atoms with van der Waals surface area (Å²) in [6.45, 7) is -0.766. The molecule has 0 saturated heterocycles. The van der Waals surface area contributed by atoms with Gasteiger partial charge in [-0.2, -0.15) is 5.10 Å². The number of anilines is 1. The lowest BCUT2D eigenvalue weighted by Crippen LogP contribution is -2.39. The zero-order valence-electron chi connectivity index (χ0n) is 17.9. The fourth-order valence-electron chi connectivity index (χ4n) is 2.97. The van der Waals surface area contributed by atoms with Gasteiger partial charge in [0.05, 0.1) is 23.1 Å². The number of benzene rings is 3. The minimum absolute atomic E-state index is 0.0742. The summed E-state index contributed by atoms with van der Waals surface area (Å²) in [7, 11) is -2.95. The number of ether oxygens (including phenoxy) is 1. The molecular weight excluding hydrogens is 464 g/mol. The predicted molar refractivity (Wildman–Crippen MR) is 124 cm³/mol. The predicted octanol–water partition coefficient (Wildman–Crippen LogP) is 2.65. The van der Waals surface area contributed by atoms with Gasteiger partial charge in [-0.25, -0.2) is 18.1 Å². The normalized spacial score (nSPS) is 11.2. The van der Waals surface area contributed by atoms with Crippen molar-refractivity contribution in [3.8, 4) is 11.5 Å². The number of sulfonamides is 1. The number of carbonyl (C=O) groups excluding carboxylic acids is 1. The van der Waals surface area contributed by atoms with Crippen molar-refractivity contribution in [2.24, 2.45) is 5.10 Å². The Kier molecular flexibility index (Phi) is 7.43. The molecule has 0 atom stereocenters. The number of methoxy groups -OCH3 is 1. The molecule has 0 bridgehead atoms. The lowest BCUT2D eigenvalue weighted by Gasteiger charge is -2.23. The van der Waals surface area contributed by atoms with Gasteiger partial charge in [-0.05, 0) is 42.0 Å². The van der Waals surface area contributed by atoms with E-state index < -0.39 is 33.1 Å². The van der Waals surface area contributed by atoms with Crippen LogP contribution in [-0.4, -0.2) is 44.2 Å². The van der Waals surface area contributed by atoms with Crippen LogP contribution in [-0.2, 0) is 14.8 Å². The van der Waals surface area contributed by atoms with Gasteiger partial charge < -0.3 is 9.84 Å². The van der Waals surface area contributed by atoms with Crippen LogP contribution in [0.3, 0.4) is 0 Å². The Balaban J connectivity index is 1.89. The van der Waals surface area contributed by atoms with E-state index in [9.17, 15) is 28.4 Å². The van der Waals surface area contributed by atoms with Crippen LogP contribution in [0.15, 0.2) is 82.8 Å². The number of phenolic OH excluding ortho intramolecular Hbond substituents is 1. The van der Waals surface area contributed by atoms with Gasteiger partial charge in [-0.3, -0.25) is 14.9 Å². The van der Waals surface area contributed by atoms with Crippen molar-refractivity contribution in [3.05, 3.63) is 88.5 Å². The summed E-state index contributed by atoms with van der Waals surface area (Å²) >= 11 is 0. The third kappa shape index (κ3) is 5.48. The Bertz CT molecular complexity index is 1330. The van der Waals surface area contributed by atoms with Gasteiger partial charge in [0.1, 0.15) is 12.2 Å². The molecule has 0 spiro atoms. The van der Waals surface area contributed by atoms with Crippen molar-refractivity contribution in [1.82, 2.24) is 5.43 Å². The molecule has 0 heterocycles. The lowest BCUT2D eigenvalue weighted by atomic mass is 10.2. The van der Waals surface area contributed by atoms with E-state index in [4.69, 9.17) is 4.74 Å². The highest BCUT2D eigenvalue weighted by Crippen LogP contribution is 2.32.